The Balaban J connectivity index is 2.87. The van der Waals surface area contributed by atoms with Crippen molar-refractivity contribution in [2.45, 2.75) is 0 Å². The summed E-state index contributed by atoms with van der Waals surface area (Å²) in [6.45, 7) is 0. The lowest BCUT2D eigenvalue weighted by atomic mass is 10.6. The molecule has 0 aliphatic heterocycles. The fourth-order valence-electron chi connectivity index (χ4n) is 1.07. The molecule has 0 radical (unpaired) electrons. The lowest BCUT2D eigenvalue weighted by Crippen LogP contribution is -1.95. The van der Waals surface area contributed by atoms with Gasteiger partial charge in [0.2, 0.25) is 0 Å². The molecule has 5 nitrogen and oxygen atoms in total. The Bertz CT molecular complexity index is 434. The van der Waals surface area contributed by atoms with E-state index in [9.17, 15) is 4.79 Å². The molecule has 0 saturated heterocycles. The van der Waals surface area contributed by atoms with E-state index in [0.717, 1.165) is 0 Å². The number of aryl methyl sites for hydroxylation is 1. The number of carbonyl (C=O) groups is 1. The zero-order valence-corrected chi connectivity index (χ0v) is 6.43. The standard InChI is InChI=1S/C7H6N4O/c1-11-6(3-12)10-5-2-8-4-9-7(5)11/h2-4H,1H3. The van der Waals surface area contributed by atoms with Crippen molar-refractivity contribution < 1.29 is 4.79 Å². The van der Waals surface area contributed by atoms with Crippen LogP contribution in [-0.4, -0.2) is 25.8 Å². The van der Waals surface area contributed by atoms with Crippen molar-refractivity contribution in [3.63, 3.8) is 0 Å². The molecule has 0 fully saturated rings. The second kappa shape index (κ2) is 2.37. The highest BCUT2D eigenvalue weighted by Crippen LogP contribution is 2.07. The number of aldehydes is 1. The number of nitrogens with zero attached hydrogens (tertiary/aromatic N) is 4. The topological polar surface area (TPSA) is 60.7 Å². The molecule has 0 aliphatic carbocycles. The highest BCUT2D eigenvalue weighted by Gasteiger charge is 2.05. The molecule has 5 heteroatoms. The smallest absolute Gasteiger partial charge is 0.185 e. The van der Waals surface area contributed by atoms with Gasteiger partial charge < -0.3 is 4.57 Å². The molecule has 2 rings (SSSR count). The minimum Gasteiger partial charge on any atom is -0.309 e. The largest absolute Gasteiger partial charge is 0.309 e. The van der Waals surface area contributed by atoms with Crippen molar-refractivity contribution in [1.29, 1.82) is 0 Å². The molecule has 0 N–H and O–H groups in total. The summed E-state index contributed by atoms with van der Waals surface area (Å²) in [5.41, 5.74) is 1.31. The van der Waals surface area contributed by atoms with Gasteiger partial charge in [-0.05, 0) is 0 Å². The fraction of sp³-hybridized carbons (Fsp3) is 0.143. The first-order chi connectivity index (χ1) is 5.83. The summed E-state index contributed by atoms with van der Waals surface area (Å²) < 4.78 is 1.63. The van der Waals surface area contributed by atoms with Crippen LogP contribution >= 0.6 is 0 Å². The van der Waals surface area contributed by atoms with E-state index >= 15 is 0 Å². The third-order valence-electron chi connectivity index (χ3n) is 1.67. The number of hydrogen-bond acceptors (Lipinski definition) is 4. The fourth-order valence-corrected chi connectivity index (χ4v) is 1.07. The Labute approximate surface area is 68.1 Å². The van der Waals surface area contributed by atoms with E-state index in [2.05, 4.69) is 15.0 Å². The van der Waals surface area contributed by atoms with Gasteiger partial charge in [0.1, 0.15) is 11.8 Å². The summed E-state index contributed by atoms with van der Waals surface area (Å²) >= 11 is 0. The van der Waals surface area contributed by atoms with Crippen LogP contribution in [0.15, 0.2) is 12.5 Å². The third-order valence-corrected chi connectivity index (χ3v) is 1.67. The zero-order chi connectivity index (χ0) is 8.55. The van der Waals surface area contributed by atoms with Crippen LogP contribution in [0, 0.1) is 0 Å². The summed E-state index contributed by atoms with van der Waals surface area (Å²) in [6, 6.07) is 0. The zero-order valence-electron chi connectivity index (χ0n) is 6.43. The number of rotatable bonds is 1. The van der Waals surface area contributed by atoms with Crippen LogP contribution in [-0.2, 0) is 7.05 Å². The number of fused-ring (bicyclic) bond motifs is 1. The molecule has 0 aliphatic rings. The lowest BCUT2D eigenvalue weighted by molar-refractivity contribution is 0.111. The molecule has 0 amide bonds. The molecule has 2 aromatic rings. The SMILES string of the molecule is Cn1c(C=O)nc2cncnc21. The van der Waals surface area contributed by atoms with Gasteiger partial charge >= 0.3 is 0 Å². The summed E-state index contributed by atoms with van der Waals surface area (Å²) in [6.07, 6.45) is 3.70. The summed E-state index contributed by atoms with van der Waals surface area (Å²) in [5, 5.41) is 0. The van der Waals surface area contributed by atoms with Crippen molar-refractivity contribution >= 4 is 17.5 Å². The Morgan fingerprint density at radius 3 is 3.08 bits per heavy atom. The van der Waals surface area contributed by atoms with Gasteiger partial charge in [0.05, 0.1) is 6.20 Å². The predicted molar refractivity (Wildman–Crippen MR) is 41.7 cm³/mol. The highest BCUT2D eigenvalue weighted by atomic mass is 16.1. The first-order valence-corrected chi connectivity index (χ1v) is 3.40. The molecule has 0 unspecified atom stereocenters. The molecular weight excluding hydrogens is 156 g/mol. The monoisotopic (exact) mass is 162 g/mol. The number of imidazole rings is 1. The van der Waals surface area contributed by atoms with Crippen molar-refractivity contribution in [2.24, 2.45) is 7.05 Å². The van der Waals surface area contributed by atoms with Gasteiger partial charge in [0, 0.05) is 7.05 Å². The highest BCUT2D eigenvalue weighted by molar-refractivity contribution is 5.79. The van der Waals surface area contributed by atoms with Gasteiger partial charge in [-0.15, -0.1) is 0 Å². The van der Waals surface area contributed by atoms with E-state index in [1.54, 1.807) is 17.8 Å². The van der Waals surface area contributed by atoms with Crippen LogP contribution in [0.1, 0.15) is 10.6 Å². The molecule has 0 bridgehead atoms. The van der Waals surface area contributed by atoms with E-state index in [4.69, 9.17) is 0 Å². The quantitative estimate of drug-likeness (QED) is 0.561. The van der Waals surface area contributed by atoms with Crippen LogP contribution in [0.3, 0.4) is 0 Å². The first kappa shape index (κ1) is 6.90. The molecule has 60 valence electrons. The molecule has 0 saturated carbocycles. The van der Waals surface area contributed by atoms with Crippen LogP contribution in [0.5, 0.6) is 0 Å². The van der Waals surface area contributed by atoms with Crippen molar-refractivity contribution in [3.05, 3.63) is 18.3 Å². The molecule has 0 spiro atoms. The van der Waals surface area contributed by atoms with Gasteiger partial charge in [-0.2, -0.15) is 0 Å². The molecule has 0 aromatic carbocycles. The molecule has 2 aromatic heterocycles. The minimum absolute atomic E-state index is 0.366. The van der Waals surface area contributed by atoms with E-state index in [1.165, 1.54) is 6.33 Å². The Morgan fingerprint density at radius 1 is 1.58 bits per heavy atom. The maximum absolute atomic E-state index is 10.5. The Kier molecular flexibility index (Phi) is 1.36. The maximum atomic E-state index is 10.5. The number of carbonyl (C=O) groups excluding carboxylic acids is 1. The van der Waals surface area contributed by atoms with Gasteiger partial charge in [0.15, 0.2) is 17.8 Å². The van der Waals surface area contributed by atoms with E-state index < -0.39 is 0 Å². The predicted octanol–water partition coefficient (Wildman–Crippen LogP) is 0.176. The minimum atomic E-state index is 0.366. The van der Waals surface area contributed by atoms with Crippen molar-refractivity contribution in [3.8, 4) is 0 Å². The van der Waals surface area contributed by atoms with Crippen LogP contribution < -0.4 is 0 Å². The second-order valence-electron chi connectivity index (χ2n) is 2.38. The number of aromatic nitrogens is 4. The molecular formula is C7H6N4O. The average Bonchev–Trinajstić information content (AvgIpc) is 2.44. The average molecular weight is 162 g/mol. The molecule has 2 heterocycles. The van der Waals surface area contributed by atoms with E-state index in [1.807, 2.05) is 0 Å². The van der Waals surface area contributed by atoms with Crippen LogP contribution in [0.2, 0.25) is 0 Å². The molecule has 0 atom stereocenters. The third kappa shape index (κ3) is 0.795. The summed E-state index contributed by atoms with van der Waals surface area (Å²) in [4.78, 5) is 22.2. The van der Waals surface area contributed by atoms with E-state index in [-0.39, 0.29) is 0 Å². The lowest BCUT2D eigenvalue weighted by Gasteiger charge is -1.91. The second-order valence-corrected chi connectivity index (χ2v) is 2.38. The van der Waals surface area contributed by atoms with Crippen molar-refractivity contribution in [1.82, 2.24) is 19.5 Å². The van der Waals surface area contributed by atoms with Crippen LogP contribution in [0.25, 0.3) is 11.2 Å². The maximum Gasteiger partial charge on any atom is 0.185 e. The van der Waals surface area contributed by atoms with Gasteiger partial charge in [-0.1, -0.05) is 0 Å². The first-order valence-electron chi connectivity index (χ1n) is 3.40. The van der Waals surface area contributed by atoms with Crippen molar-refractivity contribution in [2.75, 3.05) is 0 Å². The van der Waals surface area contributed by atoms with Crippen LogP contribution in [0.4, 0.5) is 0 Å². The molecule has 12 heavy (non-hydrogen) atoms. The normalized spacial score (nSPS) is 10.4. The summed E-state index contributed by atoms with van der Waals surface area (Å²) in [5.74, 6) is 0.366. The Morgan fingerprint density at radius 2 is 2.42 bits per heavy atom. The Hall–Kier alpha value is -1.78. The van der Waals surface area contributed by atoms with E-state index in [0.29, 0.717) is 23.3 Å². The van der Waals surface area contributed by atoms with Gasteiger partial charge in [-0.3, -0.25) is 4.79 Å². The van der Waals surface area contributed by atoms with Gasteiger partial charge in [0.25, 0.3) is 0 Å². The van der Waals surface area contributed by atoms with Gasteiger partial charge in [-0.25, -0.2) is 15.0 Å². The summed E-state index contributed by atoms with van der Waals surface area (Å²) in [7, 11) is 1.74. The number of hydrogen-bond donors (Lipinski definition) is 0.